The van der Waals surface area contributed by atoms with Gasteiger partial charge in [0.15, 0.2) is 5.78 Å². The van der Waals surface area contributed by atoms with Gasteiger partial charge in [-0.3, -0.25) is 9.59 Å². The van der Waals surface area contributed by atoms with Crippen LogP contribution in [0.15, 0.2) is 24.3 Å². The number of hydrogen-bond acceptors (Lipinski definition) is 3. The first-order chi connectivity index (χ1) is 11.6. The number of ketones is 1. The minimum Gasteiger partial charge on any atom is -0.497 e. The maximum absolute atomic E-state index is 12.0. The molecule has 1 rings (SSSR count). The van der Waals surface area contributed by atoms with Crippen molar-refractivity contribution in [3.8, 4) is 5.75 Å². The van der Waals surface area contributed by atoms with Gasteiger partial charge in [0.2, 0.25) is 0 Å². The Hall–Kier alpha value is -1.84. The Bertz CT molecular complexity index is 479. The van der Waals surface area contributed by atoms with Gasteiger partial charge >= 0.3 is 5.97 Å². The molecule has 0 unspecified atom stereocenters. The van der Waals surface area contributed by atoms with Gasteiger partial charge < -0.3 is 9.84 Å². The normalized spacial score (nSPS) is 10.5. The minimum absolute atomic E-state index is 0.205. The van der Waals surface area contributed by atoms with E-state index in [4.69, 9.17) is 9.84 Å². The first-order valence-corrected chi connectivity index (χ1v) is 9.02. The lowest BCUT2D eigenvalue weighted by Crippen LogP contribution is -1.98. The second-order valence-corrected chi connectivity index (χ2v) is 6.23. The van der Waals surface area contributed by atoms with Crippen LogP contribution in [0.3, 0.4) is 0 Å². The molecule has 134 valence electrons. The summed E-state index contributed by atoms with van der Waals surface area (Å²) in [5.74, 6) is 0.282. The van der Waals surface area contributed by atoms with Gasteiger partial charge in [0.05, 0.1) is 7.11 Å². The van der Waals surface area contributed by atoms with Gasteiger partial charge in [0, 0.05) is 18.4 Å². The molecular formula is C20H30O4. The van der Waals surface area contributed by atoms with Crippen LogP contribution in [0.2, 0.25) is 0 Å². The molecule has 0 saturated heterocycles. The van der Waals surface area contributed by atoms with Gasteiger partial charge in [0.25, 0.3) is 0 Å². The standard InChI is InChI=1S/C20H30O4/c1-24-18-15-13-17(14-16-18)19(21)11-9-7-5-3-2-4-6-8-10-12-20(22)23/h13-16H,2-12H2,1H3,(H,22,23). The quantitative estimate of drug-likeness (QED) is 0.372. The van der Waals surface area contributed by atoms with Crippen LogP contribution in [0.5, 0.6) is 5.75 Å². The molecule has 0 amide bonds. The molecule has 1 aromatic carbocycles. The summed E-state index contributed by atoms with van der Waals surface area (Å²) in [7, 11) is 1.62. The predicted octanol–water partition coefficient (Wildman–Crippen LogP) is 5.25. The number of carboxylic acid groups (broad SMARTS) is 1. The third-order valence-corrected chi connectivity index (χ3v) is 4.21. The summed E-state index contributed by atoms with van der Waals surface area (Å²) in [5, 5.41) is 8.54. The van der Waals surface area contributed by atoms with Crippen molar-refractivity contribution in [2.45, 2.75) is 70.6 Å². The van der Waals surface area contributed by atoms with Crippen LogP contribution < -0.4 is 4.74 Å². The second-order valence-electron chi connectivity index (χ2n) is 6.23. The SMILES string of the molecule is COc1ccc(C(=O)CCCCCCCCCCCC(=O)O)cc1. The molecular weight excluding hydrogens is 304 g/mol. The van der Waals surface area contributed by atoms with Crippen LogP contribution in [-0.4, -0.2) is 24.0 Å². The van der Waals surface area contributed by atoms with Crippen LogP contribution in [0.4, 0.5) is 0 Å². The number of aliphatic carboxylic acids is 1. The number of carboxylic acids is 1. The van der Waals surface area contributed by atoms with Gasteiger partial charge in [-0.2, -0.15) is 0 Å². The van der Waals surface area contributed by atoms with E-state index >= 15 is 0 Å². The maximum atomic E-state index is 12.0. The molecule has 0 atom stereocenters. The number of rotatable bonds is 14. The third-order valence-electron chi connectivity index (χ3n) is 4.21. The number of Topliss-reactive ketones (excluding diaryl/α,β-unsaturated/α-hetero) is 1. The van der Waals surface area contributed by atoms with Crippen LogP contribution in [0, 0.1) is 0 Å². The van der Waals surface area contributed by atoms with E-state index in [9.17, 15) is 9.59 Å². The molecule has 0 radical (unpaired) electrons. The molecule has 0 saturated carbocycles. The maximum Gasteiger partial charge on any atom is 0.303 e. The topological polar surface area (TPSA) is 63.6 Å². The molecule has 24 heavy (non-hydrogen) atoms. The number of hydrogen-bond donors (Lipinski definition) is 1. The Morgan fingerprint density at radius 1 is 0.792 bits per heavy atom. The van der Waals surface area contributed by atoms with Crippen molar-refractivity contribution in [2.24, 2.45) is 0 Å². The summed E-state index contributed by atoms with van der Waals surface area (Å²) in [6, 6.07) is 7.30. The highest BCUT2D eigenvalue weighted by Gasteiger charge is 2.05. The number of ether oxygens (including phenoxy) is 1. The molecule has 1 N–H and O–H groups in total. The first kappa shape index (κ1) is 20.2. The van der Waals surface area contributed by atoms with Crippen molar-refractivity contribution in [3.63, 3.8) is 0 Å². The Balaban J connectivity index is 1.96. The average molecular weight is 334 g/mol. The molecule has 4 nitrogen and oxygen atoms in total. The number of unbranched alkanes of at least 4 members (excludes halogenated alkanes) is 8. The van der Waals surface area contributed by atoms with Crippen molar-refractivity contribution in [1.29, 1.82) is 0 Å². The highest BCUT2D eigenvalue weighted by atomic mass is 16.5. The monoisotopic (exact) mass is 334 g/mol. The highest BCUT2D eigenvalue weighted by molar-refractivity contribution is 5.96. The molecule has 0 spiro atoms. The molecule has 0 fully saturated rings. The third kappa shape index (κ3) is 9.33. The lowest BCUT2D eigenvalue weighted by atomic mass is 10.0. The van der Waals surface area contributed by atoms with E-state index in [1.165, 1.54) is 25.7 Å². The fourth-order valence-corrected chi connectivity index (χ4v) is 2.72. The summed E-state index contributed by atoms with van der Waals surface area (Å²) in [6.07, 6.45) is 10.7. The van der Waals surface area contributed by atoms with E-state index < -0.39 is 5.97 Å². The molecule has 0 aromatic heterocycles. The fourth-order valence-electron chi connectivity index (χ4n) is 2.72. The van der Waals surface area contributed by atoms with Gasteiger partial charge in [-0.05, 0) is 37.1 Å². The summed E-state index contributed by atoms with van der Waals surface area (Å²) in [5.41, 5.74) is 0.761. The molecule has 0 aliphatic carbocycles. The minimum atomic E-state index is -0.695. The molecule has 0 heterocycles. The predicted molar refractivity (Wildman–Crippen MR) is 95.7 cm³/mol. The van der Waals surface area contributed by atoms with Crippen LogP contribution in [0.1, 0.15) is 81.0 Å². The van der Waals surface area contributed by atoms with Crippen molar-refractivity contribution >= 4 is 11.8 Å². The van der Waals surface area contributed by atoms with E-state index in [1.54, 1.807) is 7.11 Å². The molecule has 0 aliphatic heterocycles. The molecule has 0 bridgehead atoms. The lowest BCUT2D eigenvalue weighted by molar-refractivity contribution is -0.137. The summed E-state index contributed by atoms with van der Waals surface area (Å²) in [4.78, 5) is 22.4. The van der Waals surface area contributed by atoms with E-state index in [1.807, 2.05) is 24.3 Å². The van der Waals surface area contributed by atoms with Crippen molar-refractivity contribution in [3.05, 3.63) is 29.8 Å². The Morgan fingerprint density at radius 2 is 1.25 bits per heavy atom. The fraction of sp³-hybridized carbons (Fsp3) is 0.600. The molecule has 1 aromatic rings. The van der Waals surface area contributed by atoms with Crippen molar-refractivity contribution in [1.82, 2.24) is 0 Å². The summed E-state index contributed by atoms with van der Waals surface area (Å²) in [6.45, 7) is 0. The van der Waals surface area contributed by atoms with Crippen molar-refractivity contribution < 1.29 is 19.4 Å². The van der Waals surface area contributed by atoms with Gasteiger partial charge in [0.1, 0.15) is 5.75 Å². The summed E-state index contributed by atoms with van der Waals surface area (Å²) < 4.78 is 5.09. The number of carbonyl (C=O) groups excluding carboxylic acids is 1. The van der Waals surface area contributed by atoms with Gasteiger partial charge in [-0.25, -0.2) is 0 Å². The molecule has 0 aliphatic rings. The van der Waals surface area contributed by atoms with Crippen LogP contribution in [0.25, 0.3) is 0 Å². The van der Waals surface area contributed by atoms with E-state index in [0.29, 0.717) is 12.8 Å². The Morgan fingerprint density at radius 3 is 1.71 bits per heavy atom. The number of methoxy groups -OCH3 is 1. The van der Waals surface area contributed by atoms with E-state index in [0.717, 1.165) is 43.4 Å². The second kappa shape index (κ2) is 12.6. The number of carbonyl (C=O) groups is 2. The number of benzene rings is 1. The van der Waals surface area contributed by atoms with Crippen molar-refractivity contribution in [2.75, 3.05) is 7.11 Å². The zero-order valence-corrected chi connectivity index (χ0v) is 14.8. The first-order valence-electron chi connectivity index (χ1n) is 9.02. The largest absolute Gasteiger partial charge is 0.497 e. The van der Waals surface area contributed by atoms with E-state index in [-0.39, 0.29) is 5.78 Å². The average Bonchev–Trinajstić information content (AvgIpc) is 2.59. The molecule has 4 heteroatoms. The van der Waals surface area contributed by atoms with Gasteiger partial charge in [-0.15, -0.1) is 0 Å². The Labute approximate surface area is 145 Å². The highest BCUT2D eigenvalue weighted by Crippen LogP contribution is 2.15. The van der Waals surface area contributed by atoms with Gasteiger partial charge in [-0.1, -0.05) is 44.9 Å². The van der Waals surface area contributed by atoms with Crippen LogP contribution >= 0.6 is 0 Å². The zero-order valence-electron chi connectivity index (χ0n) is 14.8. The summed E-state index contributed by atoms with van der Waals surface area (Å²) >= 11 is 0. The lowest BCUT2D eigenvalue weighted by Gasteiger charge is -2.04. The van der Waals surface area contributed by atoms with E-state index in [2.05, 4.69) is 0 Å². The Kier molecular flexibility index (Phi) is 10.6. The zero-order chi connectivity index (χ0) is 17.6. The smallest absolute Gasteiger partial charge is 0.303 e. The van der Waals surface area contributed by atoms with Crippen LogP contribution in [-0.2, 0) is 4.79 Å².